The minimum absolute atomic E-state index is 0.101. The van der Waals surface area contributed by atoms with Crippen LogP contribution < -0.4 is 52.2 Å². The molecule has 0 aromatic heterocycles. The lowest BCUT2D eigenvalue weighted by Crippen LogP contribution is -2.63. The number of rotatable bonds is 8. The van der Waals surface area contributed by atoms with Gasteiger partial charge in [-0.1, -0.05) is 236 Å². The van der Waals surface area contributed by atoms with Crippen LogP contribution in [0.3, 0.4) is 0 Å². The van der Waals surface area contributed by atoms with Gasteiger partial charge in [-0.2, -0.15) is 0 Å². The Balaban J connectivity index is 0.953. The van der Waals surface area contributed by atoms with Crippen molar-refractivity contribution in [1.29, 1.82) is 0 Å². The maximum Gasteiger partial charge on any atom is 0.256 e. The predicted molar refractivity (Wildman–Crippen MR) is 351 cm³/mol. The molecule has 4 aliphatic rings. The van der Waals surface area contributed by atoms with Crippen LogP contribution in [0.15, 0.2) is 307 Å². The molecule has 0 amide bonds. The molecule has 386 valence electrons. The van der Waals surface area contributed by atoms with E-state index in [0.29, 0.717) is 0 Å². The fourth-order valence-corrected chi connectivity index (χ4v) is 15.0. The Bertz CT molecular complexity index is 4690. The molecular weight excluding hydrogens is 1020 g/mol. The first-order valence-corrected chi connectivity index (χ1v) is 29.4. The average molecular weight is 1070 g/mol. The highest BCUT2D eigenvalue weighted by atomic mass is 32.2. The minimum atomic E-state index is -0.114. The van der Waals surface area contributed by atoms with Gasteiger partial charge in [0.05, 0.1) is 11.4 Å². The van der Waals surface area contributed by atoms with Gasteiger partial charge in [0.25, 0.3) is 6.71 Å². The van der Waals surface area contributed by atoms with Crippen molar-refractivity contribution in [2.45, 2.75) is 9.79 Å². The smallest absolute Gasteiger partial charge is 0.256 e. The van der Waals surface area contributed by atoms with Crippen molar-refractivity contribution in [3.8, 4) is 44.9 Å². The molecule has 0 radical (unpaired) electrons. The molecule has 0 spiro atoms. The van der Waals surface area contributed by atoms with E-state index in [4.69, 9.17) is 4.74 Å². The Morgan fingerprint density at radius 2 is 0.855 bits per heavy atom. The van der Waals surface area contributed by atoms with Gasteiger partial charge in [-0.3, -0.25) is 0 Å². The van der Waals surface area contributed by atoms with E-state index in [0.717, 1.165) is 79.3 Å². The molecule has 13 aromatic rings. The lowest BCUT2D eigenvalue weighted by atomic mass is 9.31. The van der Waals surface area contributed by atoms with E-state index in [2.05, 4.69) is 312 Å². The standard InChI is InChI=1S/C76H49B2N3OS/c1-5-24-50(25-6-1)53-44-69-75-72(45-53)82-71-43-22-18-39-62(71)78(75)63-48-64-73(49-68(63)81(69)65-40-19-15-35-58(65)52-26-7-2-8-27-52)83-74-47-56(79(54-30-9-3-10-31-54)55-32-11-4-12-33-55)46-70-76(74)77(64)61-38-17-21-42-67(61)80(70)66-41-20-16-36-60(66)59-37-23-29-51-28-13-14-34-57(51)59/h1-49H. The van der Waals surface area contributed by atoms with Gasteiger partial charge in [0.1, 0.15) is 11.5 Å². The largest absolute Gasteiger partial charge is 0.458 e. The maximum absolute atomic E-state index is 7.15. The molecule has 0 atom stereocenters. The molecule has 4 heterocycles. The Kier molecular flexibility index (Phi) is 11.0. The minimum Gasteiger partial charge on any atom is -0.458 e. The summed E-state index contributed by atoms with van der Waals surface area (Å²) >= 11 is 1.90. The topological polar surface area (TPSA) is 19.0 Å². The van der Waals surface area contributed by atoms with E-state index in [1.165, 1.54) is 70.2 Å². The Morgan fingerprint density at radius 3 is 1.61 bits per heavy atom. The normalized spacial score (nSPS) is 13.0. The van der Waals surface area contributed by atoms with Gasteiger partial charge in [-0.05, 0) is 139 Å². The van der Waals surface area contributed by atoms with Crippen molar-refractivity contribution >= 4 is 120 Å². The third-order valence-corrected chi connectivity index (χ3v) is 18.4. The number of hydrogen-bond donors (Lipinski definition) is 0. The molecule has 0 unspecified atom stereocenters. The number of benzene rings is 13. The highest BCUT2D eigenvalue weighted by Gasteiger charge is 2.47. The molecule has 0 N–H and O–H groups in total. The first kappa shape index (κ1) is 47.6. The zero-order valence-corrected chi connectivity index (χ0v) is 45.9. The second-order valence-electron chi connectivity index (χ2n) is 21.9. The maximum atomic E-state index is 7.15. The third kappa shape index (κ3) is 7.58. The van der Waals surface area contributed by atoms with Crippen molar-refractivity contribution < 1.29 is 4.74 Å². The van der Waals surface area contributed by atoms with Gasteiger partial charge >= 0.3 is 0 Å². The lowest BCUT2D eigenvalue weighted by molar-refractivity contribution is 0.488. The lowest BCUT2D eigenvalue weighted by Gasteiger charge is -2.44. The number of para-hydroxylation sites is 6. The number of anilines is 9. The summed E-state index contributed by atoms with van der Waals surface area (Å²) in [5.74, 6) is 1.78. The Morgan fingerprint density at radius 1 is 0.301 bits per heavy atom. The van der Waals surface area contributed by atoms with Crippen LogP contribution in [-0.4, -0.2) is 13.4 Å². The van der Waals surface area contributed by atoms with Gasteiger partial charge in [-0.15, -0.1) is 0 Å². The van der Waals surface area contributed by atoms with Gasteiger partial charge < -0.3 is 19.4 Å². The predicted octanol–water partition coefficient (Wildman–Crippen LogP) is 16.5. The van der Waals surface area contributed by atoms with E-state index in [1.807, 2.05) is 11.8 Å². The number of ether oxygens (including phenoxy) is 1. The van der Waals surface area contributed by atoms with Gasteiger partial charge in [-0.25, -0.2) is 0 Å². The molecular formula is C76H49B2N3OS. The van der Waals surface area contributed by atoms with E-state index >= 15 is 0 Å². The first-order valence-electron chi connectivity index (χ1n) is 28.5. The molecule has 0 saturated heterocycles. The molecule has 0 fully saturated rings. The molecule has 4 aliphatic heterocycles. The van der Waals surface area contributed by atoms with Gasteiger partial charge in [0, 0.05) is 60.7 Å². The molecule has 83 heavy (non-hydrogen) atoms. The van der Waals surface area contributed by atoms with Crippen molar-refractivity contribution in [3.05, 3.63) is 297 Å². The van der Waals surface area contributed by atoms with Crippen LogP contribution in [0.5, 0.6) is 11.5 Å². The van der Waals surface area contributed by atoms with Crippen LogP contribution in [0.2, 0.25) is 0 Å². The van der Waals surface area contributed by atoms with Crippen molar-refractivity contribution in [2.75, 3.05) is 14.7 Å². The van der Waals surface area contributed by atoms with E-state index in [-0.39, 0.29) is 13.4 Å². The highest BCUT2D eigenvalue weighted by Crippen LogP contribution is 2.51. The SMILES string of the molecule is c1ccc(-c2cc3c4c(c2)N(c2ccccc2-c2ccccc2)c2cc5c(cc2B4c2ccccc2O3)B2c3ccccc3N(c3ccccc3-c3cccc4ccccc34)c3cc(N(c4ccccc4)c4ccccc4)cc(c32)S5)cc1. The summed E-state index contributed by atoms with van der Waals surface area (Å²) in [5.41, 5.74) is 24.6. The summed E-state index contributed by atoms with van der Waals surface area (Å²) in [6.45, 7) is -0.215. The summed E-state index contributed by atoms with van der Waals surface area (Å²) in [7, 11) is 0. The van der Waals surface area contributed by atoms with E-state index < -0.39 is 0 Å². The van der Waals surface area contributed by atoms with Crippen LogP contribution in [0.25, 0.3) is 44.2 Å². The Hall–Kier alpha value is -10.2. The van der Waals surface area contributed by atoms with E-state index in [9.17, 15) is 0 Å². The summed E-state index contributed by atoms with van der Waals surface area (Å²) in [6, 6.07) is 109. The molecule has 13 aromatic carbocycles. The fraction of sp³-hybridized carbons (Fsp3) is 0. The van der Waals surface area contributed by atoms with Crippen molar-refractivity contribution in [1.82, 2.24) is 0 Å². The zero-order valence-electron chi connectivity index (χ0n) is 45.1. The molecule has 0 saturated carbocycles. The van der Waals surface area contributed by atoms with Gasteiger partial charge in [0.15, 0.2) is 0 Å². The summed E-state index contributed by atoms with van der Waals surface area (Å²) in [6.07, 6.45) is 0. The zero-order chi connectivity index (χ0) is 54.5. The van der Waals surface area contributed by atoms with Crippen molar-refractivity contribution in [2.24, 2.45) is 0 Å². The van der Waals surface area contributed by atoms with Crippen LogP contribution in [-0.2, 0) is 0 Å². The monoisotopic (exact) mass is 1070 g/mol. The average Bonchev–Trinajstić information content (AvgIpc) is 1.80. The quantitative estimate of drug-likeness (QED) is 0.141. The Labute approximate surface area is 488 Å². The van der Waals surface area contributed by atoms with Crippen LogP contribution in [0.1, 0.15) is 0 Å². The molecule has 17 rings (SSSR count). The first-order chi connectivity index (χ1) is 41.2. The van der Waals surface area contributed by atoms with Crippen LogP contribution in [0.4, 0.5) is 51.2 Å². The molecule has 4 nitrogen and oxygen atoms in total. The highest BCUT2D eigenvalue weighted by molar-refractivity contribution is 8.00. The van der Waals surface area contributed by atoms with Crippen LogP contribution in [0, 0.1) is 0 Å². The summed E-state index contributed by atoms with van der Waals surface area (Å²) in [4.78, 5) is 10.0. The second-order valence-corrected chi connectivity index (χ2v) is 23.0. The number of nitrogens with zero attached hydrogens (tertiary/aromatic N) is 3. The second kappa shape index (κ2) is 19.2. The number of hydrogen-bond acceptors (Lipinski definition) is 5. The third-order valence-electron chi connectivity index (χ3n) is 17.3. The van der Waals surface area contributed by atoms with Crippen molar-refractivity contribution in [3.63, 3.8) is 0 Å². The fourth-order valence-electron chi connectivity index (χ4n) is 13.8. The van der Waals surface area contributed by atoms with Crippen LogP contribution >= 0.6 is 11.8 Å². The summed E-state index contributed by atoms with van der Waals surface area (Å²) in [5, 5.41) is 2.45. The van der Waals surface area contributed by atoms with Gasteiger partial charge in [0.2, 0.25) is 6.71 Å². The molecule has 7 heteroatoms. The summed E-state index contributed by atoms with van der Waals surface area (Å²) < 4.78 is 7.15. The number of fused-ring (bicyclic) bond motifs is 9. The molecule has 0 bridgehead atoms. The van der Waals surface area contributed by atoms with E-state index in [1.54, 1.807) is 0 Å². The molecule has 0 aliphatic carbocycles.